The summed E-state index contributed by atoms with van der Waals surface area (Å²) in [6.45, 7) is 8.05. The molecule has 0 fully saturated rings. The Morgan fingerprint density at radius 2 is 1.83 bits per heavy atom. The van der Waals surface area contributed by atoms with Gasteiger partial charge in [0.1, 0.15) is 12.2 Å². The monoisotopic (exact) mass is 466 g/mol. The third kappa shape index (κ3) is 4.59. The van der Waals surface area contributed by atoms with Crippen molar-refractivity contribution in [1.82, 2.24) is 9.36 Å². The molecule has 158 valence electrons. The van der Waals surface area contributed by atoms with Crippen LogP contribution in [0.2, 0.25) is 0 Å². The summed E-state index contributed by atoms with van der Waals surface area (Å²) in [6.07, 6.45) is 1.76. The van der Waals surface area contributed by atoms with E-state index in [-0.39, 0.29) is 18.0 Å². The van der Waals surface area contributed by atoms with Crippen LogP contribution in [0.25, 0.3) is 11.1 Å². The smallest absolute Gasteiger partial charge is 0.431 e. The molecule has 7 nitrogen and oxygen atoms in total. The van der Waals surface area contributed by atoms with E-state index in [4.69, 9.17) is 14.2 Å². The zero-order chi connectivity index (χ0) is 21.0. The van der Waals surface area contributed by atoms with E-state index in [9.17, 15) is 9.59 Å². The molecule has 2 heterocycles. The van der Waals surface area contributed by atoms with Crippen molar-refractivity contribution in [3.8, 4) is 17.0 Å². The molecular formula is C21H27BrN2O5. The maximum Gasteiger partial charge on any atom is 0.515 e. The van der Waals surface area contributed by atoms with Crippen LogP contribution in [-0.2, 0) is 29.0 Å². The van der Waals surface area contributed by atoms with E-state index < -0.39 is 6.16 Å². The lowest BCUT2D eigenvalue weighted by Crippen LogP contribution is -2.28. The number of aromatic nitrogens is 2. The van der Waals surface area contributed by atoms with Crippen LogP contribution < -0.4 is 10.3 Å². The van der Waals surface area contributed by atoms with Gasteiger partial charge in [0.25, 0.3) is 5.56 Å². The first-order valence-electron chi connectivity index (χ1n) is 10.0. The predicted octanol–water partition coefficient (Wildman–Crippen LogP) is 4.30. The largest absolute Gasteiger partial charge is 0.515 e. The number of nitrogens with zero attached hydrogens (tertiary/aromatic N) is 2. The average molecular weight is 467 g/mol. The van der Waals surface area contributed by atoms with Crippen LogP contribution in [0, 0.1) is 6.92 Å². The summed E-state index contributed by atoms with van der Waals surface area (Å²) in [5, 5.41) is 0. The number of benzene rings is 1. The van der Waals surface area contributed by atoms with Gasteiger partial charge in [-0.05, 0) is 61.9 Å². The molecule has 1 aromatic carbocycles. The van der Waals surface area contributed by atoms with Crippen molar-refractivity contribution < 1.29 is 19.0 Å². The zero-order valence-corrected chi connectivity index (χ0v) is 18.7. The van der Waals surface area contributed by atoms with Crippen LogP contribution in [0.3, 0.4) is 0 Å². The number of fused-ring (bicyclic) bond motifs is 1. The second kappa shape index (κ2) is 9.63. The highest BCUT2D eigenvalue weighted by molar-refractivity contribution is 9.10. The Morgan fingerprint density at radius 3 is 2.52 bits per heavy atom. The number of carbonyl (C=O) groups is 1. The normalized spacial score (nSPS) is 13.2. The third-order valence-corrected chi connectivity index (χ3v) is 5.48. The lowest BCUT2D eigenvalue weighted by molar-refractivity contribution is 0.0537. The van der Waals surface area contributed by atoms with Crippen molar-refractivity contribution in [1.29, 1.82) is 0 Å². The molecule has 1 aromatic heterocycles. The maximum atomic E-state index is 13.3. The third-order valence-electron chi connectivity index (χ3n) is 5.02. The quantitative estimate of drug-likeness (QED) is 0.449. The van der Waals surface area contributed by atoms with Crippen LogP contribution >= 0.6 is 15.9 Å². The molecular weight excluding hydrogens is 440 g/mol. The Balaban J connectivity index is 2.05. The summed E-state index contributed by atoms with van der Waals surface area (Å²) >= 11 is 3.53. The molecule has 3 rings (SSSR count). The molecule has 1 aliphatic heterocycles. The zero-order valence-electron chi connectivity index (χ0n) is 17.1. The van der Waals surface area contributed by atoms with Crippen LogP contribution in [0.4, 0.5) is 4.79 Å². The number of halogens is 1. The summed E-state index contributed by atoms with van der Waals surface area (Å²) in [5.74, 6) is 0.260. The molecule has 0 radical (unpaired) electrons. The Morgan fingerprint density at radius 1 is 1.10 bits per heavy atom. The summed E-state index contributed by atoms with van der Waals surface area (Å²) in [5.41, 5.74) is 3.09. The highest BCUT2D eigenvalue weighted by Gasteiger charge is 2.29. The number of hydrogen-bond donors (Lipinski definition) is 0. The van der Waals surface area contributed by atoms with Crippen LogP contribution in [-0.4, -0.2) is 35.3 Å². The lowest BCUT2D eigenvalue weighted by atomic mass is 9.95. The van der Waals surface area contributed by atoms with E-state index in [1.807, 2.05) is 32.9 Å². The first kappa shape index (κ1) is 21.6. The Labute approximate surface area is 178 Å². The first-order valence-corrected chi connectivity index (χ1v) is 10.8. The van der Waals surface area contributed by atoms with Gasteiger partial charge in [0.05, 0.1) is 6.61 Å². The van der Waals surface area contributed by atoms with Gasteiger partial charge >= 0.3 is 6.16 Å². The van der Waals surface area contributed by atoms with Crippen molar-refractivity contribution in [2.24, 2.45) is 0 Å². The van der Waals surface area contributed by atoms with E-state index in [2.05, 4.69) is 15.9 Å². The molecule has 0 unspecified atom stereocenters. The molecule has 0 atom stereocenters. The number of hydrogen-bond acceptors (Lipinski definition) is 5. The Bertz CT molecular complexity index is 948. The molecule has 0 amide bonds. The molecule has 1 aliphatic rings. The molecule has 0 saturated heterocycles. The van der Waals surface area contributed by atoms with Crippen molar-refractivity contribution in [2.45, 2.75) is 53.1 Å². The predicted molar refractivity (Wildman–Crippen MR) is 114 cm³/mol. The molecule has 0 bridgehead atoms. The fraction of sp³-hybridized carbons (Fsp3) is 0.524. The number of carbonyl (C=O) groups excluding carboxylic acids is 1. The molecule has 2 aromatic rings. The highest BCUT2D eigenvalue weighted by atomic mass is 79.9. The standard InChI is InChI=1S/C21H27BrN2O5/c1-4-15-13-16(22)12-14(3)17(15)18-19(25)23-8-6-7-9-24(23)20(18)29-21(26)28-11-10-27-5-2/h12-13H,4-11H2,1-3H3. The lowest BCUT2D eigenvalue weighted by Gasteiger charge is -2.19. The van der Waals surface area contributed by atoms with Crippen LogP contribution in [0.1, 0.15) is 37.8 Å². The van der Waals surface area contributed by atoms with Gasteiger partial charge in [-0.3, -0.25) is 9.48 Å². The van der Waals surface area contributed by atoms with Gasteiger partial charge in [0.2, 0.25) is 5.88 Å². The van der Waals surface area contributed by atoms with Gasteiger partial charge in [0.15, 0.2) is 0 Å². The van der Waals surface area contributed by atoms with E-state index >= 15 is 0 Å². The summed E-state index contributed by atoms with van der Waals surface area (Å²) < 4.78 is 20.3. The summed E-state index contributed by atoms with van der Waals surface area (Å²) in [6, 6.07) is 3.98. The van der Waals surface area contributed by atoms with Gasteiger partial charge in [0, 0.05) is 24.2 Å². The van der Waals surface area contributed by atoms with Crippen molar-refractivity contribution in [3.63, 3.8) is 0 Å². The molecule has 8 heteroatoms. The Hall–Kier alpha value is -2.06. The Kier molecular flexibility index (Phi) is 7.18. The minimum absolute atomic E-state index is 0.102. The minimum atomic E-state index is -0.828. The van der Waals surface area contributed by atoms with E-state index in [1.54, 1.807) is 9.36 Å². The van der Waals surface area contributed by atoms with Gasteiger partial charge in [-0.25, -0.2) is 9.48 Å². The van der Waals surface area contributed by atoms with Crippen molar-refractivity contribution >= 4 is 22.1 Å². The average Bonchev–Trinajstić information content (AvgIpc) is 2.97. The second-order valence-electron chi connectivity index (χ2n) is 6.95. The molecule has 0 N–H and O–H groups in total. The number of aryl methyl sites for hydroxylation is 2. The maximum absolute atomic E-state index is 13.3. The SMILES string of the molecule is CCOCCOC(=O)Oc1c(-c2c(C)cc(Br)cc2CC)c(=O)n2n1CCCC2. The molecule has 0 saturated carbocycles. The first-order chi connectivity index (χ1) is 14.0. The minimum Gasteiger partial charge on any atom is -0.431 e. The molecule has 0 spiro atoms. The van der Waals surface area contributed by atoms with E-state index in [0.717, 1.165) is 40.4 Å². The highest BCUT2D eigenvalue weighted by Crippen LogP contribution is 2.36. The van der Waals surface area contributed by atoms with Gasteiger partial charge in [-0.15, -0.1) is 0 Å². The van der Waals surface area contributed by atoms with Gasteiger partial charge in [-0.2, -0.15) is 0 Å². The van der Waals surface area contributed by atoms with E-state index in [1.165, 1.54) is 0 Å². The van der Waals surface area contributed by atoms with Crippen LogP contribution in [0.5, 0.6) is 5.88 Å². The second-order valence-corrected chi connectivity index (χ2v) is 7.86. The number of rotatable bonds is 7. The molecule has 0 aliphatic carbocycles. The van der Waals surface area contributed by atoms with E-state index in [0.29, 0.717) is 31.9 Å². The van der Waals surface area contributed by atoms with Crippen molar-refractivity contribution in [2.75, 3.05) is 19.8 Å². The van der Waals surface area contributed by atoms with Gasteiger partial charge in [-0.1, -0.05) is 22.9 Å². The van der Waals surface area contributed by atoms with Gasteiger partial charge < -0.3 is 14.2 Å². The number of ether oxygens (including phenoxy) is 3. The summed E-state index contributed by atoms with van der Waals surface area (Å²) in [7, 11) is 0. The van der Waals surface area contributed by atoms with Crippen molar-refractivity contribution in [3.05, 3.63) is 38.1 Å². The topological polar surface area (TPSA) is 71.7 Å². The summed E-state index contributed by atoms with van der Waals surface area (Å²) in [4.78, 5) is 25.6. The fourth-order valence-electron chi connectivity index (χ4n) is 3.74. The molecule has 29 heavy (non-hydrogen) atoms. The fourth-order valence-corrected chi connectivity index (χ4v) is 4.36. The van der Waals surface area contributed by atoms with Crippen LogP contribution in [0.15, 0.2) is 21.4 Å².